The number of hydrogen-bond acceptors (Lipinski definition) is 11. The normalized spacial score (nSPS) is 20.6. The second-order valence-corrected chi connectivity index (χ2v) is 21.9. The zero-order valence-electron chi connectivity index (χ0n) is 42.9. The van der Waals surface area contributed by atoms with Gasteiger partial charge in [-0.15, -0.1) is 0 Å². The summed E-state index contributed by atoms with van der Waals surface area (Å²) in [6.45, 7) is 14.0. The number of ether oxygens (including phenoxy) is 1. The van der Waals surface area contributed by atoms with E-state index in [4.69, 9.17) is 21.4 Å². The molecule has 1 aliphatic carbocycles. The van der Waals surface area contributed by atoms with Gasteiger partial charge in [0.2, 0.25) is 5.91 Å². The lowest BCUT2D eigenvalue weighted by Gasteiger charge is -2.63. The van der Waals surface area contributed by atoms with Gasteiger partial charge in [-0.2, -0.15) is 15.5 Å². The second kappa shape index (κ2) is 20.2. The molecule has 5 aliphatic rings. The Labute approximate surface area is 435 Å². The number of benzene rings is 2. The van der Waals surface area contributed by atoms with Gasteiger partial charge in [0.25, 0.3) is 12.3 Å². The van der Waals surface area contributed by atoms with E-state index in [0.29, 0.717) is 129 Å². The lowest BCUT2D eigenvalue weighted by molar-refractivity contribution is -0.164. The van der Waals surface area contributed by atoms with Crippen molar-refractivity contribution in [2.75, 3.05) is 75.8 Å². The van der Waals surface area contributed by atoms with E-state index in [1.54, 1.807) is 72.6 Å². The van der Waals surface area contributed by atoms with Crippen LogP contribution in [0.2, 0.25) is 5.02 Å². The predicted octanol–water partition coefficient (Wildman–Crippen LogP) is 7.52. The highest BCUT2D eigenvalue weighted by molar-refractivity contribution is 6.31. The summed E-state index contributed by atoms with van der Waals surface area (Å²) >= 11 is 6.27. The maximum absolute atomic E-state index is 14.8. The molecule has 7 heterocycles. The number of pyridine rings is 1. The Morgan fingerprint density at radius 2 is 1.69 bits per heavy atom. The fourth-order valence-corrected chi connectivity index (χ4v) is 12.7. The number of rotatable bonds is 11. The number of alkyl halides is 2. The van der Waals surface area contributed by atoms with Crippen molar-refractivity contribution in [3.05, 3.63) is 99.6 Å². The summed E-state index contributed by atoms with van der Waals surface area (Å²) in [6.07, 6.45) is 5.66. The molecule has 2 saturated heterocycles. The van der Waals surface area contributed by atoms with Crippen molar-refractivity contribution in [3.63, 3.8) is 0 Å². The minimum Gasteiger partial charge on any atom is -0.489 e. The summed E-state index contributed by atoms with van der Waals surface area (Å²) in [6, 6.07) is 14.0. The van der Waals surface area contributed by atoms with Gasteiger partial charge in [-0.1, -0.05) is 39.3 Å². The molecule has 3 fully saturated rings. The maximum atomic E-state index is 14.8. The largest absolute Gasteiger partial charge is 0.489 e. The molecule has 74 heavy (non-hydrogen) atoms. The Bertz CT molecular complexity index is 2970. The molecule has 0 spiro atoms. The van der Waals surface area contributed by atoms with E-state index < -0.39 is 17.3 Å². The fourth-order valence-electron chi connectivity index (χ4n) is 12.4. The van der Waals surface area contributed by atoms with Gasteiger partial charge in [0.05, 0.1) is 41.5 Å². The topological polar surface area (TPSA) is 173 Å². The van der Waals surface area contributed by atoms with E-state index in [-0.39, 0.29) is 41.6 Å². The number of nitrogens with zero attached hydrogens (tertiary/aromatic N) is 11. The van der Waals surface area contributed by atoms with Gasteiger partial charge in [-0.25, -0.2) is 18.6 Å². The molecule has 390 valence electrons. The molecule has 0 atom stereocenters. The molecular formula is C54H64ClF2N13O4. The molecule has 4 amide bonds. The molecule has 0 bridgehead atoms. The van der Waals surface area contributed by atoms with E-state index in [1.807, 2.05) is 17.0 Å². The monoisotopic (exact) mass is 1030 g/mol. The van der Waals surface area contributed by atoms with Gasteiger partial charge in [0.15, 0.2) is 5.82 Å². The zero-order chi connectivity index (χ0) is 52.2. The Hall–Kier alpha value is -6.78. The van der Waals surface area contributed by atoms with Crippen molar-refractivity contribution in [2.24, 2.45) is 17.9 Å². The van der Waals surface area contributed by atoms with Gasteiger partial charge in [-0.3, -0.25) is 23.9 Å². The number of piperidine rings is 1. The van der Waals surface area contributed by atoms with Crippen molar-refractivity contribution in [3.8, 4) is 22.9 Å². The third-order valence-corrected chi connectivity index (χ3v) is 16.4. The minimum atomic E-state index is -2.70. The highest BCUT2D eigenvalue weighted by Gasteiger charge is 2.64. The van der Waals surface area contributed by atoms with Crippen LogP contribution in [0.4, 0.5) is 30.9 Å². The molecule has 1 saturated carbocycles. The van der Waals surface area contributed by atoms with E-state index in [9.17, 15) is 28.4 Å². The number of aromatic nitrogens is 5. The number of urea groups is 1. The number of likely N-dealkylation sites (tertiary alicyclic amines) is 1. The smallest absolute Gasteiger partial charge is 0.317 e. The fraction of sp³-hybridized carbons (Fsp3) is 0.500. The van der Waals surface area contributed by atoms with Gasteiger partial charge in [0.1, 0.15) is 23.7 Å². The van der Waals surface area contributed by atoms with Gasteiger partial charge < -0.3 is 35.0 Å². The van der Waals surface area contributed by atoms with Gasteiger partial charge >= 0.3 is 6.03 Å². The quantitative estimate of drug-likeness (QED) is 0.134. The van der Waals surface area contributed by atoms with E-state index in [1.165, 1.54) is 0 Å². The van der Waals surface area contributed by atoms with Crippen LogP contribution in [0.5, 0.6) is 5.75 Å². The number of piperazine rings is 1. The first-order valence-electron chi connectivity index (χ1n) is 25.6. The lowest BCUT2D eigenvalue weighted by atomic mass is 9.49. The van der Waals surface area contributed by atoms with Crippen molar-refractivity contribution in [2.45, 2.75) is 91.0 Å². The number of halogens is 3. The maximum Gasteiger partial charge on any atom is 0.317 e. The standard InChI is InChI=1S/C54H64ClF2N13O4/c1-53(2)50(54(3,4)51(53)74-38-11-9-34(27-58)42(55)25-38)62-49(72)35-10-12-45(60-28-35)66-22-20-65(21-23-66)32-46(71)67-17-13-37(14-18-67)70-43-15-19-68(52(73)59-5)31-41(43)48(63-70)69-16-7-8-33-24-39(36-29-61-64(6)30-36)40(47(56)57)26-44(33)69/h9-12,24-26,28-30,37,47,50-51H,7-8,13-23,31-32H2,1-6H3,(H,59,73)(H,62,72). The molecule has 2 aromatic carbocycles. The zero-order valence-corrected chi connectivity index (χ0v) is 43.6. The van der Waals surface area contributed by atoms with Crippen LogP contribution in [0, 0.1) is 22.2 Å². The highest BCUT2D eigenvalue weighted by Crippen LogP contribution is 2.56. The van der Waals surface area contributed by atoms with Crippen LogP contribution in [0.15, 0.2) is 61.1 Å². The van der Waals surface area contributed by atoms with Crippen molar-refractivity contribution in [1.29, 1.82) is 5.26 Å². The van der Waals surface area contributed by atoms with Crippen LogP contribution in [0.1, 0.15) is 97.7 Å². The van der Waals surface area contributed by atoms with Crippen molar-refractivity contribution < 1.29 is 27.9 Å². The number of fused-ring (bicyclic) bond motifs is 2. The number of hydrogen-bond donors (Lipinski definition) is 2. The molecule has 17 nitrogen and oxygen atoms in total. The van der Waals surface area contributed by atoms with Crippen molar-refractivity contribution in [1.82, 2.24) is 49.9 Å². The van der Waals surface area contributed by atoms with Crippen LogP contribution in [-0.2, 0) is 31.2 Å². The van der Waals surface area contributed by atoms with Gasteiger partial charge in [-0.05, 0) is 73.2 Å². The number of anilines is 3. The number of carbonyl (C=O) groups is 3. The molecular weight excluding hydrogens is 968 g/mol. The summed E-state index contributed by atoms with van der Waals surface area (Å²) in [5, 5.41) is 25.1. The summed E-state index contributed by atoms with van der Waals surface area (Å²) in [4.78, 5) is 55.2. The molecule has 0 radical (unpaired) electrons. The summed E-state index contributed by atoms with van der Waals surface area (Å²) < 4.78 is 39.7. The average molecular weight is 1030 g/mol. The molecule has 20 heteroatoms. The molecule has 5 aromatic rings. The van der Waals surface area contributed by atoms with Gasteiger partial charge in [0, 0.05) is 136 Å². The highest BCUT2D eigenvalue weighted by atomic mass is 35.5. The van der Waals surface area contributed by atoms with Crippen molar-refractivity contribution >= 4 is 46.8 Å². The van der Waals surface area contributed by atoms with Crippen LogP contribution in [0.25, 0.3) is 11.1 Å². The van der Waals surface area contributed by atoms with Crippen LogP contribution >= 0.6 is 11.6 Å². The predicted molar refractivity (Wildman–Crippen MR) is 277 cm³/mol. The Morgan fingerprint density at radius 3 is 2.34 bits per heavy atom. The van der Waals surface area contributed by atoms with E-state index in [2.05, 4.69) is 73.9 Å². The van der Waals surface area contributed by atoms with Crippen LogP contribution < -0.4 is 25.2 Å². The summed E-state index contributed by atoms with van der Waals surface area (Å²) in [5.41, 5.74) is 4.79. The Morgan fingerprint density at radius 1 is 0.932 bits per heavy atom. The number of nitriles is 1. The minimum absolute atomic E-state index is 0.0286. The first-order chi connectivity index (χ1) is 35.4. The summed E-state index contributed by atoms with van der Waals surface area (Å²) in [7, 11) is 3.39. The number of amides is 4. The number of carbonyl (C=O) groups excluding carboxylic acids is 3. The lowest BCUT2D eigenvalue weighted by Crippen LogP contribution is -2.74. The van der Waals surface area contributed by atoms with E-state index in [0.717, 1.165) is 35.5 Å². The average Bonchev–Trinajstić information content (AvgIpc) is 4.02. The number of aryl methyl sites for hydroxylation is 2. The first kappa shape index (κ1) is 50.7. The van der Waals surface area contributed by atoms with Crippen LogP contribution in [-0.4, -0.2) is 135 Å². The molecule has 4 aliphatic heterocycles. The molecule has 3 aromatic heterocycles. The third kappa shape index (κ3) is 9.51. The summed E-state index contributed by atoms with van der Waals surface area (Å²) in [5.74, 6) is 1.93. The second-order valence-electron chi connectivity index (χ2n) is 21.5. The number of nitrogens with one attached hydrogen (secondary N) is 2. The molecule has 2 N–H and O–H groups in total. The van der Waals surface area contributed by atoms with Crippen LogP contribution in [0.3, 0.4) is 0 Å². The Kier molecular flexibility index (Phi) is 13.8. The Balaban J connectivity index is 0.743. The molecule has 10 rings (SSSR count). The first-order valence-corrected chi connectivity index (χ1v) is 26.0. The van der Waals surface area contributed by atoms with E-state index >= 15 is 0 Å². The molecule has 0 unspecified atom stereocenters. The SMILES string of the molecule is CNC(=O)N1CCc2c(c(N3CCCc4cc(-c5cnn(C)c5)c(C(F)F)cc43)nn2C2CCN(C(=O)CN3CCN(c4ccc(C(=O)NC5C(C)(C)C(Oc6ccc(C#N)c(Cl)c6)C5(C)C)cn4)CC3)CC2)C1. The third-order valence-electron chi connectivity index (χ3n) is 16.1.